The number of carbonyl (C=O) groups is 3. The maximum absolute atomic E-state index is 12.1. The molecule has 0 bridgehead atoms. The molecular formula is C16H19F6N3O5S. The lowest BCUT2D eigenvalue weighted by Gasteiger charge is -2.46. The molecule has 1 spiro atoms. The summed E-state index contributed by atoms with van der Waals surface area (Å²) in [5.41, 5.74) is 1.19. The summed E-state index contributed by atoms with van der Waals surface area (Å²) in [4.78, 5) is 34.1. The Bertz CT molecular complexity index is 739. The van der Waals surface area contributed by atoms with Crippen LogP contribution in [0.4, 0.5) is 32.0 Å². The number of hydrogen-bond donors (Lipinski definition) is 3. The molecule has 15 heteroatoms. The van der Waals surface area contributed by atoms with E-state index in [9.17, 15) is 31.1 Å². The third kappa shape index (κ3) is 7.66. The molecule has 0 saturated carbocycles. The monoisotopic (exact) mass is 479 g/mol. The quantitative estimate of drug-likeness (QED) is 0.529. The van der Waals surface area contributed by atoms with Gasteiger partial charge in [-0.05, 0) is 31.5 Å². The number of amides is 1. The van der Waals surface area contributed by atoms with Gasteiger partial charge in [0.2, 0.25) is 5.91 Å². The fraction of sp³-hybridized carbons (Fsp3) is 0.562. The minimum atomic E-state index is -5.08. The minimum Gasteiger partial charge on any atom is -0.475 e. The van der Waals surface area contributed by atoms with Crippen molar-refractivity contribution in [2.24, 2.45) is 0 Å². The maximum Gasteiger partial charge on any atom is 0.490 e. The number of carbonyl (C=O) groups excluding carboxylic acids is 1. The molecule has 0 radical (unpaired) electrons. The first-order valence-corrected chi connectivity index (χ1v) is 9.39. The van der Waals surface area contributed by atoms with Crippen molar-refractivity contribution < 1.29 is 50.9 Å². The fourth-order valence-electron chi connectivity index (χ4n) is 2.80. The molecule has 0 aliphatic carbocycles. The van der Waals surface area contributed by atoms with Gasteiger partial charge in [-0.15, -0.1) is 0 Å². The SMILES string of the molecule is CN1CC(=O)N(c2ccsc2)CC12CCNC2.O=C(O)C(F)(F)F.O=C(O)C(F)(F)F. The Balaban J connectivity index is 0.000000288. The first-order chi connectivity index (χ1) is 14.1. The summed E-state index contributed by atoms with van der Waals surface area (Å²) in [6.07, 6.45) is -9.04. The van der Waals surface area contributed by atoms with Gasteiger partial charge in [0.25, 0.3) is 0 Å². The molecule has 3 heterocycles. The van der Waals surface area contributed by atoms with Gasteiger partial charge in [0.05, 0.1) is 17.8 Å². The number of aliphatic carboxylic acids is 2. The first-order valence-electron chi connectivity index (χ1n) is 8.45. The molecule has 2 aliphatic heterocycles. The molecule has 2 aliphatic rings. The first kappa shape index (κ1) is 26.6. The van der Waals surface area contributed by atoms with Gasteiger partial charge in [-0.3, -0.25) is 9.69 Å². The molecule has 2 saturated heterocycles. The molecular weight excluding hydrogens is 460 g/mol. The highest BCUT2D eigenvalue weighted by Crippen LogP contribution is 2.30. The van der Waals surface area contributed by atoms with Gasteiger partial charge in [0.15, 0.2) is 0 Å². The molecule has 1 atom stereocenters. The van der Waals surface area contributed by atoms with E-state index in [2.05, 4.69) is 22.6 Å². The van der Waals surface area contributed by atoms with Crippen molar-refractivity contribution in [1.29, 1.82) is 0 Å². The van der Waals surface area contributed by atoms with Crippen LogP contribution in [0, 0.1) is 0 Å². The largest absolute Gasteiger partial charge is 0.490 e. The summed E-state index contributed by atoms with van der Waals surface area (Å²) in [7, 11) is 2.07. The van der Waals surface area contributed by atoms with E-state index >= 15 is 0 Å². The number of anilines is 1. The molecule has 3 rings (SSSR count). The fourth-order valence-corrected chi connectivity index (χ4v) is 3.44. The number of likely N-dealkylation sites (N-methyl/N-ethyl adjacent to an activating group) is 1. The number of halogens is 6. The Morgan fingerprint density at radius 3 is 2.00 bits per heavy atom. The molecule has 31 heavy (non-hydrogen) atoms. The van der Waals surface area contributed by atoms with Gasteiger partial charge < -0.3 is 20.4 Å². The zero-order chi connectivity index (χ0) is 24.0. The molecule has 1 aromatic heterocycles. The number of piperazine rings is 1. The van der Waals surface area contributed by atoms with Crippen molar-refractivity contribution in [3.05, 3.63) is 16.8 Å². The number of thiophene rings is 1. The molecule has 1 amide bonds. The second kappa shape index (κ2) is 10.3. The van der Waals surface area contributed by atoms with Gasteiger partial charge >= 0.3 is 24.3 Å². The lowest BCUT2D eigenvalue weighted by atomic mass is 9.93. The van der Waals surface area contributed by atoms with Gasteiger partial charge in [-0.25, -0.2) is 9.59 Å². The predicted octanol–water partition coefficient (Wildman–Crippen LogP) is 2.03. The van der Waals surface area contributed by atoms with E-state index in [4.69, 9.17) is 19.8 Å². The van der Waals surface area contributed by atoms with Crippen LogP contribution < -0.4 is 10.2 Å². The van der Waals surface area contributed by atoms with E-state index in [-0.39, 0.29) is 11.4 Å². The van der Waals surface area contributed by atoms with Crippen LogP contribution in [-0.4, -0.2) is 84.1 Å². The highest BCUT2D eigenvalue weighted by molar-refractivity contribution is 7.08. The van der Waals surface area contributed by atoms with Crippen molar-refractivity contribution in [1.82, 2.24) is 10.2 Å². The van der Waals surface area contributed by atoms with Crippen LogP contribution in [0.25, 0.3) is 0 Å². The summed E-state index contributed by atoms with van der Waals surface area (Å²) in [6.45, 7) is 3.37. The lowest BCUT2D eigenvalue weighted by molar-refractivity contribution is -0.193. The highest BCUT2D eigenvalue weighted by Gasteiger charge is 2.45. The number of alkyl halides is 6. The van der Waals surface area contributed by atoms with E-state index in [1.165, 1.54) is 0 Å². The Hall–Kier alpha value is -2.39. The van der Waals surface area contributed by atoms with E-state index in [1.54, 1.807) is 11.3 Å². The summed E-state index contributed by atoms with van der Waals surface area (Å²) in [6, 6.07) is 2.03. The normalized spacial score (nSPS) is 21.8. The van der Waals surface area contributed by atoms with E-state index < -0.39 is 24.3 Å². The zero-order valence-corrected chi connectivity index (χ0v) is 16.8. The van der Waals surface area contributed by atoms with Crippen molar-refractivity contribution >= 4 is 34.9 Å². The van der Waals surface area contributed by atoms with Crippen molar-refractivity contribution in [2.75, 3.05) is 38.1 Å². The van der Waals surface area contributed by atoms with Crippen molar-refractivity contribution in [3.63, 3.8) is 0 Å². The Morgan fingerprint density at radius 1 is 1.13 bits per heavy atom. The number of carboxylic acids is 2. The van der Waals surface area contributed by atoms with E-state index in [1.807, 2.05) is 16.3 Å². The summed E-state index contributed by atoms with van der Waals surface area (Å²) >= 11 is 1.64. The number of nitrogens with one attached hydrogen (secondary N) is 1. The van der Waals surface area contributed by atoms with Crippen LogP contribution in [0.1, 0.15) is 6.42 Å². The van der Waals surface area contributed by atoms with Crippen LogP contribution in [0.15, 0.2) is 16.8 Å². The second-order valence-electron chi connectivity index (χ2n) is 6.57. The third-order valence-electron chi connectivity index (χ3n) is 4.46. The van der Waals surface area contributed by atoms with Crippen molar-refractivity contribution in [3.8, 4) is 0 Å². The van der Waals surface area contributed by atoms with Gasteiger partial charge in [0, 0.05) is 18.5 Å². The van der Waals surface area contributed by atoms with Crippen LogP contribution in [0.5, 0.6) is 0 Å². The Labute approximate surface area is 176 Å². The Kier molecular flexibility index (Phi) is 8.84. The third-order valence-corrected chi connectivity index (χ3v) is 5.13. The molecule has 1 aromatic rings. The van der Waals surface area contributed by atoms with Crippen LogP contribution >= 0.6 is 11.3 Å². The van der Waals surface area contributed by atoms with Gasteiger partial charge in [0.1, 0.15) is 0 Å². The molecule has 176 valence electrons. The lowest BCUT2D eigenvalue weighted by Crippen LogP contribution is -2.64. The van der Waals surface area contributed by atoms with Gasteiger partial charge in [-0.1, -0.05) is 0 Å². The summed E-state index contributed by atoms with van der Waals surface area (Å²) < 4.78 is 63.5. The topological polar surface area (TPSA) is 110 Å². The van der Waals surface area contributed by atoms with Crippen LogP contribution in [-0.2, 0) is 14.4 Å². The molecule has 8 nitrogen and oxygen atoms in total. The van der Waals surface area contributed by atoms with Gasteiger partial charge in [-0.2, -0.15) is 37.7 Å². The molecule has 2 fully saturated rings. The average molecular weight is 479 g/mol. The number of hydrogen-bond acceptors (Lipinski definition) is 6. The number of nitrogens with zero attached hydrogens (tertiary/aromatic N) is 2. The van der Waals surface area contributed by atoms with Crippen LogP contribution in [0.3, 0.4) is 0 Å². The summed E-state index contributed by atoms with van der Waals surface area (Å²) in [5, 5.41) is 21.7. The van der Waals surface area contributed by atoms with Crippen molar-refractivity contribution in [2.45, 2.75) is 24.3 Å². The standard InChI is InChI=1S/C12H17N3OS.2C2HF3O2/c1-14-6-11(16)15(10-2-5-17-7-10)9-12(14)3-4-13-8-12;2*3-2(4,5)1(6)7/h2,5,7,13H,3-4,6,8-9H2,1H3;2*(H,6,7). The smallest absolute Gasteiger partial charge is 0.475 e. The number of carboxylic acid groups (broad SMARTS) is 2. The zero-order valence-electron chi connectivity index (χ0n) is 16.0. The van der Waals surface area contributed by atoms with Crippen LogP contribution in [0.2, 0.25) is 0 Å². The average Bonchev–Trinajstić information content (AvgIpc) is 3.31. The molecule has 1 unspecified atom stereocenters. The predicted molar refractivity (Wildman–Crippen MR) is 96.9 cm³/mol. The Morgan fingerprint density at radius 2 is 1.65 bits per heavy atom. The summed E-state index contributed by atoms with van der Waals surface area (Å²) in [5.74, 6) is -5.30. The van der Waals surface area contributed by atoms with E-state index in [0.717, 1.165) is 31.7 Å². The van der Waals surface area contributed by atoms with E-state index in [0.29, 0.717) is 6.54 Å². The molecule has 3 N–H and O–H groups in total. The second-order valence-corrected chi connectivity index (χ2v) is 7.35. The number of rotatable bonds is 1. The maximum atomic E-state index is 12.1. The molecule has 0 aromatic carbocycles. The highest BCUT2D eigenvalue weighted by atomic mass is 32.1. The minimum absolute atomic E-state index is 0.135.